The van der Waals surface area contributed by atoms with E-state index < -0.39 is 15.9 Å². The van der Waals surface area contributed by atoms with E-state index in [1.807, 2.05) is 0 Å². The first-order valence-corrected chi connectivity index (χ1v) is 4.48. The van der Waals surface area contributed by atoms with Gasteiger partial charge in [-0.05, 0) is 17.7 Å². The molecule has 0 aliphatic carbocycles. The van der Waals surface area contributed by atoms with Crippen molar-refractivity contribution in [2.45, 2.75) is 5.75 Å². The molecule has 0 N–H and O–H groups in total. The maximum Gasteiger partial charge on any atom is 1.00 e. The van der Waals surface area contributed by atoms with Gasteiger partial charge >= 0.3 is 29.6 Å². The molecule has 0 atom stereocenters. The van der Waals surface area contributed by atoms with E-state index in [2.05, 4.69) is 4.98 Å². The second kappa shape index (κ2) is 4.94. The largest absolute Gasteiger partial charge is 1.00 e. The van der Waals surface area contributed by atoms with Crippen LogP contribution in [0.4, 0.5) is 0 Å². The zero-order valence-electron chi connectivity index (χ0n) is 6.60. The first-order valence-electron chi connectivity index (χ1n) is 2.90. The maximum atomic E-state index is 10.2. The van der Waals surface area contributed by atoms with E-state index in [4.69, 9.17) is 0 Å². The number of hydrogen-bond acceptors (Lipinski definition) is 4. The van der Waals surface area contributed by atoms with Gasteiger partial charge in [-0.15, -0.1) is 0 Å². The Bertz CT molecular complexity index is 324. The van der Waals surface area contributed by atoms with Crippen molar-refractivity contribution in [1.82, 2.24) is 4.98 Å². The summed E-state index contributed by atoms with van der Waals surface area (Å²) in [7, 11) is -4.15. The molecule has 0 saturated heterocycles. The number of pyridine rings is 1. The molecule has 0 aliphatic heterocycles. The van der Waals surface area contributed by atoms with Crippen molar-refractivity contribution >= 4 is 10.1 Å². The van der Waals surface area contributed by atoms with Gasteiger partial charge in [-0.3, -0.25) is 4.98 Å². The van der Waals surface area contributed by atoms with E-state index in [0.717, 1.165) is 0 Å². The number of hydrogen-bond donors (Lipinski definition) is 0. The molecule has 12 heavy (non-hydrogen) atoms. The summed E-state index contributed by atoms with van der Waals surface area (Å²) in [6.45, 7) is 0. The summed E-state index contributed by atoms with van der Waals surface area (Å²) in [5, 5.41) is 0. The van der Waals surface area contributed by atoms with Crippen molar-refractivity contribution in [3.63, 3.8) is 0 Å². The molecule has 0 fully saturated rings. The average Bonchev–Trinajstić information content (AvgIpc) is 1.85. The van der Waals surface area contributed by atoms with Gasteiger partial charge in [0.25, 0.3) is 0 Å². The molecule has 0 bridgehead atoms. The Morgan fingerprint density at radius 2 is 1.83 bits per heavy atom. The molecule has 0 spiro atoms. The molecule has 1 heterocycles. The minimum atomic E-state index is -4.15. The van der Waals surface area contributed by atoms with E-state index in [9.17, 15) is 13.0 Å². The van der Waals surface area contributed by atoms with Gasteiger partial charge in [-0.25, -0.2) is 8.42 Å². The van der Waals surface area contributed by atoms with E-state index >= 15 is 0 Å². The van der Waals surface area contributed by atoms with Gasteiger partial charge < -0.3 is 4.55 Å². The Morgan fingerprint density at radius 1 is 1.33 bits per heavy atom. The van der Waals surface area contributed by atoms with Crippen molar-refractivity contribution < 1.29 is 42.5 Å². The van der Waals surface area contributed by atoms with Crippen LogP contribution in [0.5, 0.6) is 0 Å². The van der Waals surface area contributed by atoms with Crippen molar-refractivity contribution in [2.75, 3.05) is 0 Å². The van der Waals surface area contributed by atoms with Crippen LogP contribution >= 0.6 is 0 Å². The van der Waals surface area contributed by atoms with E-state index in [-0.39, 0.29) is 29.6 Å². The van der Waals surface area contributed by atoms with Crippen molar-refractivity contribution in [1.29, 1.82) is 0 Å². The van der Waals surface area contributed by atoms with E-state index in [1.165, 1.54) is 24.5 Å². The van der Waals surface area contributed by atoms with Gasteiger partial charge in [0.05, 0.1) is 15.9 Å². The standard InChI is InChI=1S/C6H7NO3S.Na/c8-11(9,10)5-6-1-3-7-4-2-6;/h1-4H,5H2,(H,8,9,10);/q;+1/p-1. The SMILES string of the molecule is O=S(=O)([O-])Cc1ccncc1.[Na+]. The van der Waals surface area contributed by atoms with Gasteiger partial charge in [-0.2, -0.15) is 0 Å². The van der Waals surface area contributed by atoms with Crippen LogP contribution in [0.15, 0.2) is 24.5 Å². The fraction of sp³-hybridized carbons (Fsp3) is 0.167. The summed E-state index contributed by atoms with van der Waals surface area (Å²) in [6, 6.07) is 2.99. The topological polar surface area (TPSA) is 70.1 Å². The summed E-state index contributed by atoms with van der Waals surface area (Å²) in [4.78, 5) is 3.68. The minimum Gasteiger partial charge on any atom is -0.748 e. The van der Waals surface area contributed by atoms with Crippen LogP contribution in [-0.2, 0) is 15.9 Å². The van der Waals surface area contributed by atoms with Crippen LogP contribution in [-0.4, -0.2) is 18.0 Å². The van der Waals surface area contributed by atoms with Gasteiger partial charge in [-0.1, -0.05) is 0 Å². The molecule has 1 aromatic heterocycles. The number of aromatic nitrogens is 1. The summed E-state index contributed by atoms with van der Waals surface area (Å²) >= 11 is 0. The van der Waals surface area contributed by atoms with Crippen molar-refractivity contribution in [3.05, 3.63) is 30.1 Å². The first-order chi connectivity index (χ1) is 5.08. The first kappa shape index (κ1) is 12.1. The maximum absolute atomic E-state index is 10.2. The molecule has 0 saturated carbocycles. The Morgan fingerprint density at radius 3 is 2.25 bits per heavy atom. The van der Waals surface area contributed by atoms with Crippen LogP contribution in [0, 0.1) is 0 Å². The molecule has 1 rings (SSSR count). The smallest absolute Gasteiger partial charge is 0.748 e. The van der Waals surface area contributed by atoms with Gasteiger partial charge in [0.15, 0.2) is 0 Å². The molecule has 1 aromatic rings. The zero-order chi connectivity index (χ0) is 8.32. The predicted molar refractivity (Wildman–Crippen MR) is 37.6 cm³/mol. The van der Waals surface area contributed by atoms with Crippen LogP contribution in [0.25, 0.3) is 0 Å². The molecule has 0 aromatic carbocycles. The van der Waals surface area contributed by atoms with Crippen LogP contribution < -0.4 is 29.6 Å². The second-order valence-electron chi connectivity index (χ2n) is 2.06. The van der Waals surface area contributed by atoms with Crippen LogP contribution in [0.1, 0.15) is 5.56 Å². The predicted octanol–water partition coefficient (Wildman–Crippen LogP) is -2.87. The third-order valence-corrected chi connectivity index (χ3v) is 1.78. The molecule has 0 unspecified atom stereocenters. The third-order valence-electron chi connectivity index (χ3n) is 1.09. The summed E-state index contributed by atoms with van der Waals surface area (Å²) in [5.41, 5.74) is 0.468. The Hall–Kier alpha value is 0.0600. The molecule has 6 heteroatoms. The molecule has 4 nitrogen and oxygen atoms in total. The second-order valence-corrected chi connectivity index (χ2v) is 3.46. The molecule has 0 radical (unpaired) electrons. The van der Waals surface area contributed by atoms with Crippen molar-refractivity contribution in [2.24, 2.45) is 0 Å². The van der Waals surface area contributed by atoms with Crippen molar-refractivity contribution in [3.8, 4) is 0 Å². The molecule has 0 amide bonds. The summed E-state index contributed by atoms with van der Waals surface area (Å²) in [5.74, 6) is -0.463. The average molecular weight is 195 g/mol. The third kappa shape index (κ3) is 4.84. The quantitative estimate of drug-likeness (QED) is 0.376. The van der Waals surface area contributed by atoms with Crippen LogP contribution in [0.3, 0.4) is 0 Å². The molecule has 0 aliphatic rings. The molecular weight excluding hydrogens is 189 g/mol. The van der Waals surface area contributed by atoms with E-state index in [0.29, 0.717) is 5.56 Å². The van der Waals surface area contributed by atoms with Gasteiger partial charge in [0.1, 0.15) is 0 Å². The van der Waals surface area contributed by atoms with Gasteiger partial charge in [0.2, 0.25) is 0 Å². The molecule has 60 valence electrons. The summed E-state index contributed by atoms with van der Waals surface area (Å²) < 4.78 is 30.7. The summed E-state index contributed by atoms with van der Waals surface area (Å²) in [6.07, 6.45) is 2.89. The Kier molecular flexibility index (Phi) is 4.96. The minimum absolute atomic E-state index is 0. The fourth-order valence-electron chi connectivity index (χ4n) is 0.683. The Balaban J connectivity index is 0.00000121. The monoisotopic (exact) mass is 195 g/mol. The van der Waals surface area contributed by atoms with E-state index in [1.54, 1.807) is 0 Å². The fourth-order valence-corrected chi connectivity index (χ4v) is 1.28. The normalized spacial score (nSPS) is 10.4. The number of nitrogens with zero attached hydrogens (tertiary/aromatic N) is 1. The Labute approximate surface area is 93.1 Å². The van der Waals surface area contributed by atoms with Gasteiger partial charge in [0, 0.05) is 12.4 Å². The van der Waals surface area contributed by atoms with Crippen LogP contribution in [0.2, 0.25) is 0 Å². The molecular formula is C6H6NNaO3S. The number of rotatable bonds is 2. The zero-order valence-corrected chi connectivity index (χ0v) is 9.41.